The predicted octanol–water partition coefficient (Wildman–Crippen LogP) is 7.37. The van der Waals surface area contributed by atoms with Crippen LogP contribution in [-0.2, 0) is 17.4 Å². The standard InChI is InChI=1S/C34H41F6N3O3/c1-18(2)10-25(43-17-22(8-9-42(6)7)30(34(38,39)40)32(37)33(43)46)16-41-27(15-28(44)45)26-14-23(11-21(5)31(26)36)29-19(3)12-24(35)13-20(29)4/h11-14,17-18,25,27,41H,8-10,15-16H2,1-7H3,(H,44,45). The number of nitrogens with one attached hydrogen (secondary N) is 1. The van der Waals surface area contributed by atoms with Crippen molar-refractivity contribution < 1.29 is 36.2 Å². The summed E-state index contributed by atoms with van der Waals surface area (Å²) >= 11 is 0. The number of aliphatic carboxylic acids is 1. The van der Waals surface area contributed by atoms with E-state index in [-0.39, 0.29) is 48.5 Å². The second-order valence-corrected chi connectivity index (χ2v) is 12.6. The minimum Gasteiger partial charge on any atom is -0.481 e. The van der Waals surface area contributed by atoms with Gasteiger partial charge in [-0.3, -0.25) is 9.59 Å². The van der Waals surface area contributed by atoms with Crippen LogP contribution in [0.3, 0.4) is 0 Å². The Kier molecular flexibility index (Phi) is 11.9. The fraction of sp³-hybridized carbons (Fsp3) is 0.471. The van der Waals surface area contributed by atoms with E-state index in [4.69, 9.17) is 0 Å². The van der Waals surface area contributed by atoms with Crippen LogP contribution in [0.15, 0.2) is 35.3 Å². The van der Waals surface area contributed by atoms with E-state index in [0.717, 1.165) is 10.8 Å². The predicted molar refractivity (Wildman–Crippen MR) is 165 cm³/mol. The highest BCUT2D eigenvalue weighted by Crippen LogP contribution is 2.36. The van der Waals surface area contributed by atoms with E-state index < -0.39 is 59.2 Å². The first-order valence-electron chi connectivity index (χ1n) is 15.0. The van der Waals surface area contributed by atoms with Crippen molar-refractivity contribution >= 4 is 5.97 Å². The Balaban J connectivity index is 2.12. The van der Waals surface area contributed by atoms with Gasteiger partial charge in [-0.05, 0) is 111 Å². The second-order valence-electron chi connectivity index (χ2n) is 12.6. The van der Waals surface area contributed by atoms with Gasteiger partial charge in [-0.2, -0.15) is 13.2 Å². The van der Waals surface area contributed by atoms with Crippen molar-refractivity contribution in [2.24, 2.45) is 5.92 Å². The number of aryl methyl sites for hydroxylation is 3. The monoisotopic (exact) mass is 653 g/mol. The largest absolute Gasteiger partial charge is 0.481 e. The molecule has 2 N–H and O–H groups in total. The van der Waals surface area contributed by atoms with Gasteiger partial charge in [-0.1, -0.05) is 13.8 Å². The highest BCUT2D eigenvalue weighted by atomic mass is 19.4. The summed E-state index contributed by atoms with van der Waals surface area (Å²) in [6.07, 6.45) is -4.59. The van der Waals surface area contributed by atoms with Crippen LogP contribution in [0, 0.1) is 44.1 Å². The summed E-state index contributed by atoms with van der Waals surface area (Å²) in [5.74, 6) is -4.35. The third kappa shape index (κ3) is 8.79. The number of carboxylic acids is 1. The molecule has 46 heavy (non-hydrogen) atoms. The summed E-state index contributed by atoms with van der Waals surface area (Å²) < 4.78 is 87.5. The van der Waals surface area contributed by atoms with Gasteiger partial charge in [-0.25, -0.2) is 13.2 Å². The van der Waals surface area contributed by atoms with Crippen LogP contribution < -0.4 is 10.9 Å². The summed E-state index contributed by atoms with van der Waals surface area (Å²) in [4.78, 5) is 26.7. The summed E-state index contributed by atoms with van der Waals surface area (Å²) in [5.41, 5.74) is -0.786. The molecule has 0 spiro atoms. The molecular weight excluding hydrogens is 612 g/mol. The Labute approximate surface area is 265 Å². The van der Waals surface area contributed by atoms with Crippen LogP contribution in [0.2, 0.25) is 0 Å². The number of pyridine rings is 1. The fourth-order valence-electron chi connectivity index (χ4n) is 5.91. The average Bonchev–Trinajstić information content (AvgIpc) is 2.90. The SMILES string of the molecule is Cc1cc(-c2c(C)cc(F)cc2C)cc(C(CC(=O)O)NCC(CC(C)C)n2cc(CCN(C)C)c(C(F)(F)F)c(F)c2=O)c1F. The summed E-state index contributed by atoms with van der Waals surface area (Å²) in [6.45, 7) is 8.57. The van der Waals surface area contributed by atoms with Crippen LogP contribution in [-0.4, -0.2) is 47.7 Å². The Hall–Kier alpha value is -3.64. The lowest BCUT2D eigenvalue weighted by Gasteiger charge is -2.28. The number of likely N-dealkylation sites (N-methyl/N-ethyl adjacent to an activating group) is 1. The molecule has 0 aliphatic carbocycles. The zero-order valence-electron chi connectivity index (χ0n) is 27.1. The van der Waals surface area contributed by atoms with Gasteiger partial charge < -0.3 is 19.9 Å². The summed E-state index contributed by atoms with van der Waals surface area (Å²) in [7, 11) is 3.31. The van der Waals surface area contributed by atoms with Crippen LogP contribution in [0.1, 0.15) is 72.2 Å². The first-order valence-corrected chi connectivity index (χ1v) is 15.0. The van der Waals surface area contributed by atoms with E-state index in [9.17, 15) is 32.3 Å². The highest BCUT2D eigenvalue weighted by Gasteiger charge is 2.39. The van der Waals surface area contributed by atoms with Gasteiger partial charge in [0.05, 0.1) is 6.42 Å². The number of rotatable bonds is 13. The third-order valence-electron chi connectivity index (χ3n) is 7.93. The molecule has 1 heterocycles. The Bertz CT molecular complexity index is 1610. The Morgan fingerprint density at radius 1 is 0.978 bits per heavy atom. The highest BCUT2D eigenvalue weighted by molar-refractivity contribution is 5.73. The van der Waals surface area contributed by atoms with Gasteiger partial charge in [0.15, 0.2) is 0 Å². The number of carboxylic acid groups (broad SMARTS) is 1. The smallest absolute Gasteiger partial charge is 0.419 e. The number of nitrogens with zero attached hydrogens (tertiary/aromatic N) is 2. The molecule has 0 radical (unpaired) electrons. The molecule has 0 bridgehead atoms. The molecule has 0 saturated heterocycles. The van der Waals surface area contributed by atoms with Gasteiger partial charge in [0.2, 0.25) is 5.82 Å². The van der Waals surface area contributed by atoms with Gasteiger partial charge >= 0.3 is 12.1 Å². The van der Waals surface area contributed by atoms with Crippen molar-refractivity contribution in [2.45, 2.75) is 72.1 Å². The molecule has 12 heteroatoms. The van der Waals surface area contributed by atoms with Crippen molar-refractivity contribution in [3.63, 3.8) is 0 Å². The van der Waals surface area contributed by atoms with Crippen LogP contribution in [0.25, 0.3) is 11.1 Å². The quantitative estimate of drug-likeness (QED) is 0.189. The molecule has 0 amide bonds. The number of alkyl halides is 3. The molecule has 6 nitrogen and oxygen atoms in total. The van der Waals surface area contributed by atoms with Crippen LogP contribution in [0.5, 0.6) is 0 Å². The van der Waals surface area contributed by atoms with Gasteiger partial charge in [0, 0.05) is 36.9 Å². The molecule has 0 fully saturated rings. The first kappa shape index (κ1) is 36.8. The lowest BCUT2D eigenvalue weighted by molar-refractivity contribution is -0.141. The van der Waals surface area contributed by atoms with E-state index in [1.54, 1.807) is 38.9 Å². The van der Waals surface area contributed by atoms with E-state index in [0.29, 0.717) is 22.3 Å². The van der Waals surface area contributed by atoms with Crippen LogP contribution in [0.4, 0.5) is 26.3 Å². The molecule has 0 saturated carbocycles. The van der Waals surface area contributed by atoms with Crippen molar-refractivity contribution in [3.05, 3.63) is 91.6 Å². The molecule has 0 aliphatic rings. The maximum absolute atomic E-state index is 15.7. The molecule has 3 rings (SSSR count). The van der Waals surface area contributed by atoms with Crippen molar-refractivity contribution in [1.82, 2.24) is 14.8 Å². The molecular formula is C34H41F6N3O3. The number of aromatic nitrogens is 1. The average molecular weight is 654 g/mol. The van der Waals surface area contributed by atoms with Gasteiger partial charge in [-0.15, -0.1) is 0 Å². The molecule has 2 atom stereocenters. The van der Waals surface area contributed by atoms with E-state index in [2.05, 4.69) is 5.32 Å². The summed E-state index contributed by atoms with van der Waals surface area (Å²) in [5, 5.41) is 12.8. The lowest BCUT2D eigenvalue weighted by atomic mass is 9.90. The minimum absolute atomic E-state index is 0.0152. The molecule has 252 valence electrons. The van der Waals surface area contributed by atoms with E-state index in [1.807, 2.05) is 13.8 Å². The maximum Gasteiger partial charge on any atom is 0.419 e. The molecule has 0 aliphatic heterocycles. The number of hydrogen-bond donors (Lipinski definition) is 2. The Morgan fingerprint density at radius 2 is 1.59 bits per heavy atom. The summed E-state index contributed by atoms with van der Waals surface area (Å²) in [6, 6.07) is 3.75. The van der Waals surface area contributed by atoms with Gasteiger partial charge in [0.1, 0.15) is 17.2 Å². The maximum atomic E-state index is 15.7. The van der Waals surface area contributed by atoms with Gasteiger partial charge in [0.25, 0.3) is 5.56 Å². The second kappa shape index (κ2) is 14.8. The van der Waals surface area contributed by atoms with Crippen molar-refractivity contribution in [3.8, 4) is 11.1 Å². The van der Waals surface area contributed by atoms with Crippen LogP contribution >= 0.6 is 0 Å². The normalized spacial score (nSPS) is 13.5. The fourth-order valence-corrected chi connectivity index (χ4v) is 5.91. The number of carbonyl (C=O) groups is 1. The topological polar surface area (TPSA) is 74.6 Å². The molecule has 2 aromatic carbocycles. The molecule has 3 aromatic rings. The van der Waals surface area contributed by atoms with E-state index in [1.165, 1.54) is 25.1 Å². The zero-order chi connectivity index (χ0) is 34.7. The minimum atomic E-state index is -5.09. The van der Waals surface area contributed by atoms with E-state index >= 15 is 8.78 Å². The molecule has 1 aromatic heterocycles. The Morgan fingerprint density at radius 3 is 2.11 bits per heavy atom. The molecule has 2 unspecified atom stereocenters. The number of halogens is 6. The number of benzene rings is 2. The van der Waals surface area contributed by atoms with Crippen molar-refractivity contribution in [2.75, 3.05) is 27.2 Å². The lowest BCUT2D eigenvalue weighted by Crippen LogP contribution is -2.38. The third-order valence-corrected chi connectivity index (χ3v) is 7.93. The number of hydrogen-bond acceptors (Lipinski definition) is 4. The zero-order valence-corrected chi connectivity index (χ0v) is 27.1. The van der Waals surface area contributed by atoms with Crippen molar-refractivity contribution in [1.29, 1.82) is 0 Å². The first-order chi connectivity index (χ1) is 21.3.